The van der Waals surface area contributed by atoms with Crippen LogP contribution in [0.4, 0.5) is 0 Å². The Hall–Kier alpha value is 0.250. The van der Waals surface area contributed by atoms with Crippen LogP contribution in [-0.4, -0.2) is 18.1 Å². The molecule has 1 saturated carbocycles. The Kier molecular flexibility index (Phi) is 4.72. The van der Waals surface area contributed by atoms with Crippen molar-refractivity contribution in [1.82, 2.24) is 0 Å². The van der Waals surface area contributed by atoms with Gasteiger partial charge in [-0.05, 0) is 45.4 Å². The van der Waals surface area contributed by atoms with Crippen LogP contribution in [0.5, 0.6) is 0 Å². The molecule has 1 aliphatic carbocycles. The molecule has 2 unspecified atom stereocenters. The monoisotopic (exact) mass is 218 g/mol. The summed E-state index contributed by atoms with van der Waals surface area (Å²) in [7, 11) is 1.80. The molecule has 1 rings (SSSR count). The van der Waals surface area contributed by atoms with Crippen molar-refractivity contribution < 1.29 is 4.74 Å². The molecular weight excluding hydrogens is 196 g/mol. The molecule has 0 saturated heterocycles. The standard InChI is InChI=1S/C12H23ClO/c1-12(2,14-3)8-7-10-5-4-6-11(13)9-10/h10-11H,4-9H2,1-3H3. The van der Waals surface area contributed by atoms with E-state index in [9.17, 15) is 0 Å². The van der Waals surface area contributed by atoms with Gasteiger partial charge in [-0.2, -0.15) is 0 Å². The van der Waals surface area contributed by atoms with Crippen molar-refractivity contribution in [3.05, 3.63) is 0 Å². The first-order chi connectivity index (χ1) is 6.53. The van der Waals surface area contributed by atoms with Gasteiger partial charge >= 0.3 is 0 Å². The van der Waals surface area contributed by atoms with Gasteiger partial charge in [-0.3, -0.25) is 0 Å². The molecule has 1 nitrogen and oxygen atoms in total. The molecule has 0 aromatic rings. The van der Waals surface area contributed by atoms with Crippen LogP contribution in [0.1, 0.15) is 52.4 Å². The third kappa shape index (κ3) is 4.18. The highest BCUT2D eigenvalue weighted by Crippen LogP contribution is 2.32. The smallest absolute Gasteiger partial charge is 0.0622 e. The fourth-order valence-electron chi connectivity index (χ4n) is 2.14. The van der Waals surface area contributed by atoms with E-state index in [-0.39, 0.29) is 5.60 Å². The van der Waals surface area contributed by atoms with Gasteiger partial charge < -0.3 is 4.74 Å². The van der Waals surface area contributed by atoms with E-state index in [1.807, 2.05) is 0 Å². The Bertz CT molecular complexity index is 168. The average molecular weight is 219 g/mol. The third-order valence-corrected chi connectivity index (χ3v) is 3.82. The number of ether oxygens (including phenoxy) is 1. The molecular formula is C12H23ClO. The quantitative estimate of drug-likeness (QED) is 0.649. The molecule has 0 amide bonds. The predicted molar refractivity (Wildman–Crippen MR) is 61.9 cm³/mol. The van der Waals surface area contributed by atoms with E-state index in [2.05, 4.69) is 13.8 Å². The number of hydrogen-bond acceptors (Lipinski definition) is 1. The van der Waals surface area contributed by atoms with Gasteiger partial charge in [0.1, 0.15) is 0 Å². The minimum atomic E-state index is 0.0409. The van der Waals surface area contributed by atoms with Crippen molar-refractivity contribution in [2.24, 2.45) is 5.92 Å². The molecule has 2 atom stereocenters. The number of methoxy groups -OCH3 is 1. The Morgan fingerprint density at radius 1 is 1.36 bits per heavy atom. The maximum absolute atomic E-state index is 6.16. The van der Waals surface area contributed by atoms with Crippen molar-refractivity contribution in [2.75, 3.05) is 7.11 Å². The summed E-state index contributed by atoms with van der Waals surface area (Å²) >= 11 is 6.16. The molecule has 0 spiro atoms. The first kappa shape index (κ1) is 12.3. The van der Waals surface area contributed by atoms with Crippen LogP contribution in [0, 0.1) is 5.92 Å². The minimum Gasteiger partial charge on any atom is -0.379 e. The molecule has 1 fully saturated rings. The van der Waals surface area contributed by atoms with E-state index in [0.29, 0.717) is 5.38 Å². The first-order valence-electron chi connectivity index (χ1n) is 5.73. The van der Waals surface area contributed by atoms with Crippen LogP contribution in [0.15, 0.2) is 0 Å². The summed E-state index contributed by atoms with van der Waals surface area (Å²) in [6.45, 7) is 4.32. The van der Waals surface area contributed by atoms with Crippen molar-refractivity contribution in [3.63, 3.8) is 0 Å². The third-order valence-electron chi connectivity index (χ3n) is 3.43. The second-order valence-electron chi connectivity index (χ2n) is 5.13. The van der Waals surface area contributed by atoms with Gasteiger partial charge in [-0.25, -0.2) is 0 Å². The van der Waals surface area contributed by atoms with Gasteiger partial charge in [0.2, 0.25) is 0 Å². The van der Waals surface area contributed by atoms with Crippen LogP contribution in [0.3, 0.4) is 0 Å². The van der Waals surface area contributed by atoms with E-state index >= 15 is 0 Å². The highest BCUT2D eigenvalue weighted by atomic mass is 35.5. The average Bonchev–Trinajstić information content (AvgIpc) is 2.15. The summed E-state index contributed by atoms with van der Waals surface area (Å²) in [6.07, 6.45) is 7.52. The second kappa shape index (κ2) is 5.37. The largest absolute Gasteiger partial charge is 0.379 e. The van der Waals surface area contributed by atoms with Gasteiger partial charge in [-0.1, -0.05) is 12.8 Å². The van der Waals surface area contributed by atoms with Crippen LogP contribution in [-0.2, 0) is 4.74 Å². The Labute approximate surface area is 93.2 Å². The maximum atomic E-state index is 6.16. The summed E-state index contributed by atoms with van der Waals surface area (Å²) in [5, 5.41) is 0.430. The zero-order valence-electron chi connectivity index (χ0n) is 9.68. The molecule has 0 aromatic carbocycles. The molecule has 1 aliphatic rings. The van der Waals surface area contributed by atoms with E-state index in [1.165, 1.54) is 32.1 Å². The highest BCUT2D eigenvalue weighted by Gasteiger charge is 2.23. The molecule has 0 N–H and O–H groups in total. The summed E-state index contributed by atoms with van der Waals surface area (Å²) < 4.78 is 5.42. The zero-order chi connectivity index (χ0) is 10.6. The number of alkyl halides is 1. The van der Waals surface area contributed by atoms with E-state index in [4.69, 9.17) is 16.3 Å². The topological polar surface area (TPSA) is 9.23 Å². The van der Waals surface area contributed by atoms with Crippen molar-refractivity contribution >= 4 is 11.6 Å². The van der Waals surface area contributed by atoms with Gasteiger partial charge in [-0.15, -0.1) is 11.6 Å². The molecule has 84 valence electrons. The van der Waals surface area contributed by atoms with Crippen LogP contribution in [0.25, 0.3) is 0 Å². The molecule has 0 aliphatic heterocycles. The molecule has 14 heavy (non-hydrogen) atoms. The summed E-state index contributed by atoms with van der Waals surface area (Å²) in [5.41, 5.74) is 0.0409. The number of hydrogen-bond donors (Lipinski definition) is 0. The Balaban J connectivity index is 2.23. The summed E-state index contributed by atoms with van der Waals surface area (Å²) in [5.74, 6) is 0.834. The second-order valence-corrected chi connectivity index (χ2v) is 5.75. The number of halogens is 1. The molecule has 0 radical (unpaired) electrons. The Morgan fingerprint density at radius 3 is 2.64 bits per heavy atom. The van der Waals surface area contributed by atoms with Crippen molar-refractivity contribution in [2.45, 2.75) is 63.4 Å². The molecule has 0 bridgehead atoms. The predicted octanol–water partition coefficient (Wildman–Crippen LogP) is 3.99. The fourth-order valence-corrected chi connectivity index (χ4v) is 2.55. The summed E-state index contributed by atoms with van der Waals surface area (Å²) in [6, 6.07) is 0. The number of rotatable bonds is 4. The lowest BCUT2D eigenvalue weighted by molar-refractivity contribution is 0.00915. The normalized spacial score (nSPS) is 29.1. The van der Waals surface area contributed by atoms with E-state index < -0.39 is 0 Å². The van der Waals surface area contributed by atoms with Crippen molar-refractivity contribution in [1.29, 1.82) is 0 Å². The van der Waals surface area contributed by atoms with Crippen LogP contribution < -0.4 is 0 Å². The minimum absolute atomic E-state index is 0.0409. The van der Waals surface area contributed by atoms with Gasteiger partial charge in [0.25, 0.3) is 0 Å². The lowest BCUT2D eigenvalue weighted by Gasteiger charge is -2.29. The van der Waals surface area contributed by atoms with Crippen LogP contribution >= 0.6 is 11.6 Å². The fraction of sp³-hybridized carbons (Fsp3) is 1.00. The molecule has 0 aromatic heterocycles. The van der Waals surface area contributed by atoms with Gasteiger partial charge in [0.15, 0.2) is 0 Å². The lowest BCUT2D eigenvalue weighted by Crippen LogP contribution is -2.25. The van der Waals surface area contributed by atoms with Crippen molar-refractivity contribution in [3.8, 4) is 0 Å². The highest BCUT2D eigenvalue weighted by molar-refractivity contribution is 6.20. The first-order valence-corrected chi connectivity index (χ1v) is 6.16. The van der Waals surface area contributed by atoms with E-state index in [0.717, 1.165) is 12.3 Å². The molecule has 2 heteroatoms. The molecule has 0 heterocycles. The SMILES string of the molecule is COC(C)(C)CCC1CCCC(Cl)C1. The summed E-state index contributed by atoms with van der Waals surface area (Å²) in [4.78, 5) is 0. The zero-order valence-corrected chi connectivity index (χ0v) is 10.4. The van der Waals surface area contributed by atoms with Gasteiger partial charge in [0, 0.05) is 12.5 Å². The van der Waals surface area contributed by atoms with Gasteiger partial charge in [0.05, 0.1) is 5.60 Å². The maximum Gasteiger partial charge on any atom is 0.0622 e. The van der Waals surface area contributed by atoms with Crippen LogP contribution in [0.2, 0.25) is 0 Å². The van der Waals surface area contributed by atoms with E-state index in [1.54, 1.807) is 7.11 Å². The lowest BCUT2D eigenvalue weighted by atomic mass is 9.83. The Morgan fingerprint density at radius 2 is 2.07 bits per heavy atom.